The minimum absolute atomic E-state index is 0.918. The Morgan fingerprint density at radius 1 is 1.06 bits per heavy atom. The van der Waals surface area contributed by atoms with E-state index in [2.05, 4.69) is 29.2 Å². The Morgan fingerprint density at radius 2 is 1.94 bits per heavy atom. The normalized spacial score (nSPS) is 16.0. The zero-order chi connectivity index (χ0) is 10.8. The highest BCUT2D eigenvalue weighted by molar-refractivity contribution is 5.29. The molecule has 0 N–H and O–H groups in total. The van der Waals surface area contributed by atoms with Gasteiger partial charge in [0, 0.05) is 13.1 Å². The van der Waals surface area contributed by atoms with Gasteiger partial charge in [0.25, 0.3) is 0 Å². The number of fused-ring (bicyclic) bond motifs is 1. The third kappa shape index (κ3) is 1.89. The molecule has 2 heterocycles. The van der Waals surface area contributed by atoms with Crippen LogP contribution in [0.25, 0.3) is 0 Å². The summed E-state index contributed by atoms with van der Waals surface area (Å²) in [7, 11) is 0. The molecule has 1 aliphatic heterocycles. The van der Waals surface area contributed by atoms with E-state index in [-0.39, 0.29) is 0 Å². The maximum atomic E-state index is 5.38. The lowest BCUT2D eigenvalue weighted by Gasteiger charge is -2.27. The van der Waals surface area contributed by atoms with Gasteiger partial charge in [-0.2, -0.15) is 0 Å². The molecule has 0 saturated carbocycles. The van der Waals surface area contributed by atoms with Crippen molar-refractivity contribution >= 4 is 0 Å². The van der Waals surface area contributed by atoms with Crippen molar-refractivity contribution in [3.63, 3.8) is 0 Å². The van der Waals surface area contributed by atoms with Crippen molar-refractivity contribution in [3.8, 4) is 0 Å². The maximum absolute atomic E-state index is 5.38. The van der Waals surface area contributed by atoms with E-state index in [0.29, 0.717) is 0 Å². The van der Waals surface area contributed by atoms with Crippen molar-refractivity contribution in [3.05, 3.63) is 59.5 Å². The lowest BCUT2D eigenvalue weighted by atomic mass is 10.00. The van der Waals surface area contributed by atoms with E-state index in [1.54, 1.807) is 6.26 Å². The zero-order valence-electron chi connectivity index (χ0n) is 9.23. The molecule has 82 valence electrons. The van der Waals surface area contributed by atoms with Crippen molar-refractivity contribution < 1.29 is 4.42 Å². The van der Waals surface area contributed by atoms with Gasteiger partial charge in [0.05, 0.1) is 12.8 Å². The molecule has 0 bridgehead atoms. The summed E-state index contributed by atoms with van der Waals surface area (Å²) in [5.41, 5.74) is 2.96. The molecule has 2 aromatic rings. The highest BCUT2D eigenvalue weighted by atomic mass is 16.3. The second-order valence-corrected chi connectivity index (χ2v) is 4.31. The topological polar surface area (TPSA) is 16.4 Å². The highest BCUT2D eigenvalue weighted by Gasteiger charge is 2.16. The van der Waals surface area contributed by atoms with Crippen molar-refractivity contribution in [1.82, 2.24) is 4.90 Å². The molecule has 0 aliphatic carbocycles. The van der Waals surface area contributed by atoms with Gasteiger partial charge >= 0.3 is 0 Å². The van der Waals surface area contributed by atoms with Crippen molar-refractivity contribution in [2.24, 2.45) is 0 Å². The summed E-state index contributed by atoms with van der Waals surface area (Å²) in [5.74, 6) is 1.05. The van der Waals surface area contributed by atoms with E-state index in [1.807, 2.05) is 12.1 Å². The van der Waals surface area contributed by atoms with Gasteiger partial charge in [-0.3, -0.25) is 4.90 Å². The minimum atomic E-state index is 0.918. The summed E-state index contributed by atoms with van der Waals surface area (Å²) in [6.45, 7) is 3.08. The highest BCUT2D eigenvalue weighted by Crippen LogP contribution is 2.20. The second-order valence-electron chi connectivity index (χ2n) is 4.31. The number of benzene rings is 1. The monoisotopic (exact) mass is 213 g/mol. The third-order valence-electron chi connectivity index (χ3n) is 3.17. The first kappa shape index (κ1) is 9.67. The van der Waals surface area contributed by atoms with Crippen LogP contribution in [-0.2, 0) is 19.5 Å². The van der Waals surface area contributed by atoms with Gasteiger partial charge in [-0.25, -0.2) is 0 Å². The van der Waals surface area contributed by atoms with E-state index in [1.165, 1.54) is 11.1 Å². The molecule has 0 spiro atoms. The van der Waals surface area contributed by atoms with Crippen LogP contribution in [0.5, 0.6) is 0 Å². The number of rotatable bonds is 2. The largest absolute Gasteiger partial charge is 0.468 e. The van der Waals surface area contributed by atoms with Gasteiger partial charge in [-0.1, -0.05) is 24.3 Å². The molecule has 1 aromatic carbocycles. The van der Waals surface area contributed by atoms with Crippen molar-refractivity contribution in [2.75, 3.05) is 6.54 Å². The van der Waals surface area contributed by atoms with E-state index >= 15 is 0 Å². The SMILES string of the molecule is c1coc(CN2CCc3ccccc3C2)c1. The molecule has 0 saturated heterocycles. The Hall–Kier alpha value is -1.54. The van der Waals surface area contributed by atoms with Crippen LogP contribution >= 0.6 is 0 Å². The van der Waals surface area contributed by atoms with Crippen LogP contribution in [0.3, 0.4) is 0 Å². The molecule has 0 radical (unpaired) electrons. The fraction of sp³-hybridized carbons (Fsp3) is 0.286. The number of hydrogen-bond donors (Lipinski definition) is 0. The Morgan fingerprint density at radius 3 is 2.75 bits per heavy atom. The number of hydrogen-bond acceptors (Lipinski definition) is 2. The first-order valence-corrected chi connectivity index (χ1v) is 5.73. The van der Waals surface area contributed by atoms with E-state index < -0.39 is 0 Å². The van der Waals surface area contributed by atoms with Gasteiger partial charge in [-0.05, 0) is 29.7 Å². The van der Waals surface area contributed by atoms with Gasteiger partial charge in [0.15, 0.2) is 0 Å². The first-order valence-electron chi connectivity index (χ1n) is 5.73. The summed E-state index contributed by atoms with van der Waals surface area (Å²) < 4.78 is 5.38. The van der Waals surface area contributed by atoms with E-state index in [0.717, 1.165) is 31.8 Å². The van der Waals surface area contributed by atoms with Crippen LogP contribution < -0.4 is 0 Å². The summed E-state index contributed by atoms with van der Waals surface area (Å²) in [5, 5.41) is 0. The smallest absolute Gasteiger partial charge is 0.117 e. The second kappa shape index (κ2) is 4.14. The van der Waals surface area contributed by atoms with E-state index in [4.69, 9.17) is 4.42 Å². The molecular formula is C14H15NO. The molecule has 0 amide bonds. The molecule has 0 atom stereocenters. The van der Waals surface area contributed by atoms with Gasteiger partial charge in [-0.15, -0.1) is 0 Å². The molecule has 0 fully saturated rings. The van der Waals surface area contributed by atoms with Gasteiger partial charge in [0.2, 0.25) is 0 Å². The average molecular weight is 213 g/mol. The summed E-state index contributed by atoms with van der Waals surface area (Å²) in [4.78, 5) is 2.43. The maximum Gasteiger partial charge on any atom is 0.117 e. The zero-order valence-corrected chi connectivity index (χ0v) is 9.23. The Balaban J connectivity index is 1.73. The molecule has 0 unspecified atom stereocenters. The quantitative estimate of drug-likeness (QED) is 0.762. The molecule has 16 heavy (non-hydrogen) atoms. The molecule has 2 heteroatoms. The van der Waals surface area contributed by atoms with Gasteiger partial charge < -0.3 is 4.42 Å². The van der Waals surface area contributed by atoms with Gasteiger partial charge in [0.1, 0.15) is 5.76 Å². The number of nitrogens with zero attached hydrogens (tertiary/aromatic N) is 1. The third-order valence-corrected chi connectivity index (χ3v) is 3.17. The van der Waals surface area contributed by atoms with Crippen LogP contribution in [0, 0.1) is 0 Å². The van der Waals surface area contributed by atoms with Crippen LogP contribution in [0.4, 0.5) is 0 Å². The minimum Gasteiger partial charge on any atom is -0.468 e. The first-order chi connectivity index (χ1) is 7.92. The fourth-order valence-electron chi connectivity index (χ4n) is 2.31. The van der Waals surface area contributed by atoms with Crippen LogP contribution in [0.2, 0.25) is 0 Å². The molecule has 1 aromatic heterocycles. The van der Waals surface area contributed by atoms with Crippen LogP contribution in [0.15, 0.2) is 47.1 Å². The molecule has 2 nitrogen and oxygen atoms in total. The Kier molecular flexibility index (Phi) is 2.50. The summed E-state index contributed by atoms with van der Waals surface area (Å²) in [6, 6.07) is 12.7. The standard InChI is InChI=1S/C14H15NO/c1-2-5-13-10-15(8-7-12(13)4-1)11-14-6-3-9-16-14/h1-6,9H,7-8,10-11H2. The lowest BCUT2D eigenvalue weighted by molar-refractivity contribution is 0.226. The molecule has 1 aliphatic rings. The summed E-state index contributed by atoms with van der Waals surface area (Å²) >= 11 is 0. The molecular weight excluding hydrogens is 198 g/mol. The predicted octanol–water partition coefficient (Wildman–Crippen LogP) is 2.84. The van der Waals surface area contributed by atoms with Crippen LogP contribution in [-0.4, -0.2) is 11.4 Å². The summed E-state index contributed by atoms with van der Waals surface area (Å²) in [6.07, 6.45) is 2.89. The van der Waals surface area contributed by atoms with E-state index in [9.17, 15) is 0 Å². The molecule has 3 rings (SSSR count). The lowest BCUT2D eigenvalue weighted by Crippen LogP contribution is -2.29. The average Bonchev–Trinajstić information content (AvgIpc) is 2.82. The number of furan rings is 1. The van der Waals surface area contributed by atoms with Crippen molar-refractivity contribution in [2.45, 2.75) is 19.5 Å². The fourth-order valence-corrected chi connectivity index (χ4v) is 2.31. The Labute approximate surface area is 95.5 Å². The Bertz CT molecular complexity index is 461. The predicted molar refractivity (Wildman–Crippen MR) is 63.0 cm³/mol. The van der Waals surface area contributed by atoms with Crippen molar-refractivity contribution in [1.29, 1.82) is 0 Å². The van der Waals surface area contributed by atoms with Crippen LogP contribution in [0.1, 0.15) is 16.9 Å².